The smallest absolute Gasteiger partial charge is 0.375 e. The first-order valence-electron chi connectivity index (χ1n) is 7.57. The molecule has 0 saturated heterocycles. The monoisotopic (exact) mass is 360 g/mol. The molecule has 0 fully saturated rings. The number of esters is 1. The van der Waals surface area contributed by atoms with Crippen LogP contribution in [0.4, 0.5) is 0 Å². The average Bonchev–Trinajstić information content (AvgIpc) is 2.97. The second-order valence-corrected chi connectivity index (χ2v) is 6.18. The van der Waals surface area contributed by atoms with E-state index < -0.39 is 5.97 Å². The molecule has 130 valence electrons. The Kier molecular flexibility index (Phi) is 4.79. The van der Waals surface area contributed by atoms with Crippen molar-refractivity contribution in [1.29, 1.82) is 0 Å². The number of thioether (sulfide) groups is 1. The van der Waals surface area contributed by atoms with Crippen LogP contribution in [0.25, 0.3) is 5.78 Å². The fourth-order valence-corrected chi connectivity index (χ4v) is 3.03. The van der Waals surface area contributed by atoms with Crippen LogP contribution in [0.1, 0.15) is 34.6 Å². The van der Waals surface area contributed by atoms with E-state index in [-0.39, 0.29) is 23.8 Å². The van der Waals surface area contributed by atoms with E-state index in [2.05, 4.69) is 25.0 Å². The third-order valence-corrected chi connectivity index (χ3v) is 4.04. The molecule has 3 heterocycles. The molecular weight excluding hydrogens is 344 g/mol. The summed E-state index contributed by atoms with van der Waals surface area (Å²) in [7, 11) is 0. The van der Waals surface area contributed by atoms with Gasteiger partial charge in [-0.25, -0.2) is 19.7 Å². The third kappa shape index (κ3) is 3.85. The highest BCUT2D eigenvalue weighted by molar-refractivity contribution is 7.98. The van der Waals surface area contributed by atoms with E-state index in [1.165, 1.54) is 17.8 Å². The number of carbonyl (C=O) groups is 1. The number of hydrogen-bond donors (Lipinski definition) is 1. The van der Waals surface area contributed by atoms with E-state index in [1.807, 2.05) is 19.9 Å². The number of ether oxygens (including phenoxy) is 1. The lowest BCUT2D eigenvalue weighted by Gasteiger charge is -2.02. The Balaban J connectivity index is 1.85. The number of rotatable bonds is 5. The molecule has 0 aliphatic rings. The van der Waals surface area contributed by atoms with Crippen molar-refractivity contribution >= 4 is 23.5 Å². The molecule has 0 aliphatic heterocycles. The van der Waals surface area contributed by atoms with Gasteiger partial charge in [-0.2, -0.15) is 9.50 Å². The van der Waals surface area contributed by atoms with Crippen LogP contribution in [0.15, 0.2) is 22.1 Å². The first kappa shape index (κ1) is 17.1. The molecule has 9 nitrogen and oxygen atoms in total. The van der Waals surface area contributed by atoms with Gasteiger partial charge in [-0.1, -0.05) is 11.8 Å². The number of nitrogens with zero attached hydrogens (tertiary/aromatic N) is 5. The quantitative estimate of drug-likeness (QED) is 0.411. The number of carbonyl (C=O) groups excluding carboxylic acids is 1. The lowest BCUT2D eigenvalue weighted by molar-refractivity contribution is 0.0512. The molecule has 0 amide bonds. The van der Waals surface area contributed by atoms with Gasteiger partial charge in [0.15, 0.2) is 5.16 Å². The third-order valence-electron chi connectivity index (χ3n) is 3.16. The van der Waals surface area contributed by atoms with Crippen molar-refractivity contribution in [3.63, 3.8) is 0 Å². The molecule has 3 rings (SSSR count). The van der Waals surface area contributed by atoms with Gasteiger partial charge in [0.1, 0.15) is 0 Å². The molecule has 0 atom stereocenters. The highest BCUT2D eigenvalue weighted by Gasteiger charge is 2.15. The number of fused-ring (bicyclic) bond motifs is 1. The molecule has 0 saturated carbocycles. The predicted molar refractivity (Wildman–Crippen MR) is 90.6 cm³/mol. The van der Waals surface area contributed by atoms with Gasteiger partial charge in [-0.05, 0) is 26.8 Å². The zero-order chi connectivity index (χ0) is 18.0. The number of aryl methyl sites for hydroxylation is 2. The van der Waals surface area contributed by atoms with E-state index in [0.717, 1.165) is 15.9 Å². The molecule has 3 aromatic heterocycles. The summed E-state index contributed by atoms with van der Waals surface area (Å²) in [5.41, 5.74) is 1.93. The van der Waals surface area contributed by atoms with Crippen LogP contribution in [0.2, 0.25) is 0 Å². The van der Waals surface area contributed by atoms with Crippen LogP contribution < -0.4 is 5.56 Å². The van der Waals surface area contributed by atoms with Gasteiger partial charge in [0, 0.05) is 23.2 Å². The summed E-state index contributed by atoms with van der Waals surface area (Å²) in [6, 6.07) is 3.27. The Morgan fingerprint density at radius 3 is 2.60 bits per heavy atom. The Labute approximate surface area is 146 Å². The number of hydrogen-bond acceptors (Lipinski definition) is 8. The Morgan fingerprint density at radius 1 is 1.20 bits per heavy atom. The maximum atomic E-state index is 12.2. The molecule has 0 spiro atoms. The van der Waals surface area contributed by atoms with Crippen LogP contribution in [0.5, 0.6) is 0 Å². The standard InChI is InChI=1S/C15H16N6O3S/c1-4-24-13(23)12-19-14-18-10(6-11(22)21(14)20-12)7-25-15-16-8(2)5-9(3)17-15/h5-6H,4,7H2,1-3H3,(H,18,19,20). The Morgan fingerprint density at radius 2 is 1.92 bits per heavy atom. The summed E-state index contributed by atoms with van der Waals surface area (Å²) >= 11 is 1.38. The fraction of sp³-hybridized carbons (Fsp3) is 0.333. The largest absolute Gasteiger partial charge is 0.460 e. The first-order valence-corrected chi connectivity index (χ1v) is 8.55. The van der Waals surface area contributed by atoms with E-state index >= 15 is 0 Å². The second kappa shape index (κ2) is 7.01. The highest BCUT2D eigenvalue weighted by atomic mass is 32.2. The summed E-state index contributed by atoms with van der Waals surface area (Å²) in [6.45, 7) is 5.71. The van der Waals surface area contributed by atoms with E-state index in [1.54, 1.807) is 6.92 Å². The molecule has 3 aromatic rings. The maximum Gasteiger partial charge on any atom is 0.375 e. The highest BCUT2D eigenvalue weighted by Crippen LogP contribution is 2.18. The van der Waals surface area contributed by atoms with Gasteiger partial charge in [0.05, 0.1) is 12.3 Å². The zero-order valence-corrected chi connectivity index (χ0v) is 14.8. The minimum Gasteiger partial charge on any atom is -0.460 e. The zero-order valence-electron chi connectivity index (χ0n) is 13.9. The molecule has 0 aliphatic carbocycles. The molecule has 0 bridgehead atoms. The normalized spacial score (nSPS) is 11.0. The molecular formula is C15H16N6O3S. The number of H-pyrrole nitrogens is 1. The van der Waals surface area contributed by atoms with Crippen LogP contribution in [0.3, 0.4) is 0 Å². The van der Waals surface area contributed by atoms with Crippen LogP contribution in [-0.4, -0.2) is 42.1 Å². The average molecular weight is 360 g/mol. The SMILES string of the molecule is CCOC(=O)c1nc2nc(CSc3nc(C)cc(C)n3)cc(=O)n2[nH]1. The lowest BCUT2D eigenvalue weighted by atomic mass is 10.4. The minimum absolute atomic E-state index is 0.0612. The second-order valence-electron chi connectivity index (χ2n) is 5.24. The summed E-state index contributed by atoms with van der Waals surface area (Å²) < 4.78 is 5.96. The Bertz CT molecular complexity index is 976. The molecule has 0 radical (unpaired) electrons. The van der Waals surface area contributed by atoms with Gasteiger partial charge in [-0.3, -0.25) is 9.89 Å². The van der Waals surface area contributed by atoms with Gasteiger partial charge in [0.2, 0.25) is 5.82 Å². The lowest BCUT2D eigenvalue weighted by Crippen LogP contribution is -2.16. The molecule has 1 N–H and O–H groups in total. The predicted octanol–water partition coefficient (Wildman–Crippen LogP) is 1.29. The Hall–Kier alpha value is -2.75. The van der Waals surface area contributed by atoms with Crippen molar-refractivity contribution < 1.29 is 9.53 Å². The molecule has 0 aromatic carbocycles. The first-order chi connectivity index (χ1) is 12.0. The summed E-state index contributed by atoms with van der Waals surface area (Å²) in [5, 5.41) is 3.21. The maximum absolute atomic E-state index is 12.2. The van der Waals surface area contributed by atoms with E-state index in [4.69, 9.17) is 4.74 Å². The van der Waals surface area contributed by atoms with Crippen molar-refractivity contribution in [3.8, 4) is 0 Å². The van der Waals surface area contributed by atoms with Gasteiger partial charge >= 0.3 is 5.97 Å². The number of aromatic amines is 1. The van der Waals surface area contributed by atoms with Gasteiger partial charge in [0.25, 0.3) is 11.3 Å². The summed E-state index contributed by atoms with van der Waals surface area (Å²) in [5.74, 6) is -0.163. The van der Waals surface area contributed by atoms with Crippen molar-refractivity contribution in [2.24, 2.45) is 0 Å². The molecule has 10 heteroatoms. The van der Waals surface area contributed by atoms with Crippen LogP contribution >= 0.6 is 11.8 Å². The minimum atomic E-state index is -0.632. The van der Waals surface area contributed by atoms with E-state index in [9.17, 15) is 9.59 Å². The van der Waals surface area contributed by atoms with Crippen molar-refractivity contribution in [2.75, 3.05) is 6.61 Å². The van der Waals surface area contributed by atoms with Gasteiger partial charge in [-0.15, -0.1) is 0 Å². The van der Waals surface area contributed by atoms with Crippen LogP contribution in [-0.2, 0) is 10.5 Å². The number of aromatic nitrogens is 6. The van der Waals surface area contributed by atoms with Crippen molar-refractivity contribution in [1.82, 2.24) is 29.5 Å². The molecule has 25 heavy (non-hydrogen) atoms. The molecule has 0 unspecified atom stereocenters. The summed E-state index contributed by atoms with van der Waals surface area (Å²) in [6.07, 6.45) is 0. The van der Waals surface area contributed by atoms with Crippen molar-refractivity contribution in [2.45, 2.75) is 31.7 Å². The fourth-order valence-electron chi connectivity index (χ4n) is 2.19. The topological polar surface area (TPSA) is 115 Å². The summed E-state index contributed by atoms with van der Waals surface area (Å²) in [4.78, 5) is 40.9. The van der Waals surface area contributed by atoms with Crippen LogP contribution in [0, 0.1) is 13.8 Å². The van der Waals surface area contributed by atoms with Crippen molar-refractivity contribution in [3.05, 3.63) is 45.4 Å². The number of nitrogens with one attached hydrogen (secondary N) is 1. The van der Waals surface area contributed by atoms with Gasteiger partial charge < -0.3 is 4.74 Å². The van der Waals surface area contributed by atoms with E-state index in [0.29, 0.717) is 16.6 Å².